The number of nitrogens with zero attached hydrogens (tertiary/aromatic N) is 9. The van der Waals surface area contributed by atoms with Crippen molar-refractivity contribution in [1.29, 1.82) is 0 Å². The van der Waals surface area contributed by atoms with Gasteiger partial charge < -0.3 is 10.0 Å². The molecule has 6 rings (SSSR count). The van der Waals surface area contributed by atoms with E-state index >= 15 is 8.78 Å². The van der Waals surface area contributed by atoms with Crippen molar-refractivity contribution in [2.45, 2.75) is 36.8 Å². The maximum Gasteiger partial charge on any atom is 0.442 e. The number of pyridine rings is 1. The van der Waals surface area contributed by atoms with Crippen molar-refractivity contribution >= 4 is 17.0 Å². The van der Waals surface area contributed by atoms with E-state index in [4.69, 9.17) is 0 Å². The Hall–Kier alpha value is -4.14. The summed E-state index contributed by atoms with van der Waals surface area (Å²) in [6, 6.07) is 9.51. The molecule has 1 N–H and O–H groups in total. The molecule has 0 bridgehead atoms. The van der Waals surface area contributed by atoms with Crippen LogP contribution in [0.25, 0.3) is 11.2 Å². The normalized spacial score (nSPS) is 18.9. The standard InChI is InChI=1S/C23H18F5N9O/c24-21(25,13-5-2-1-3-6-13)20-30-18(36-10-8-14(38)11-36)17-19(31-20)37(35-32-17)12-16-15(7-4-9-29-16)22(33-34-22)23(26,27)28/h1-7,9,14,38H,8,10-12H2. The van der Waals surface area contributed by atoms with Gasteiger partial charge in [-0.25, -0.2) is 14.6 Å². The van der Waals surface area contributed by atoms with E-state index < -0.39 is 29.7 Å². The predicted octanol–water partition coefficient (Wildman–Crippen LogP) is 3.56. The molecule has 0 aliphatic carbocycles. The van der Waals surface area contributed by atoms with E-state index in [0.717, 1.165) is 4.68 Å². The number of rotatable bonds is 6. The third-order valence-electron chi connectivity index (χ3n) is 6.49. The van der Waals surface area contributed by atoms with Gasteiger partial charge in [0.05, 0.1) is 18.3 Å². The van der Waals surface area contributed by atoms with Crippen LogP contribution in [0.1, 0.15) is 29.1 Å². The fourth-order valence-corrected chi connectivity index (χ4v) is 4.47. The molecule has 1 fully saturated rings. The molecule has 0 radical (unpaired) electrons. The lowest BCUT2D eigenvalue weighted by atomic mass is 10.0. The van der Waals surface area contributed by atoms with Crippen LogP contribution in [-0.2, 0) is 18.1 Å². The summed E-state index contributed by atoms with van der Waals surface area (Å²) in [7, 11) is 0. The van der Waals surface area contributed by atoms with Crippen LogP contribution in [0.2, 0.25) is 0 Å². The van der Waals surface area contributed by atoms with Crippen molar-refractivity contribution in [2.75, 3.05) is 18.0 Å². The van der Waals surface area contributed by atoms with Crippen LogP contribution in [0.5, 0.6) is 0 Å². The molecular weight excluding hydrogens is 513 g/mol. The van der Waals surface area contributed by atoms with Gasteiger partial charge in [0.1, 0.15) is 0 Å². The lowest BCUT2D eigenvalue weighted by Gasteiger charge is -2.21. The van der Waals surface area contributed by atoms with Crippen LogP contribution in [0, 0.1) is 0 Å². The molecule has 38 heavy (non-hydrogen) atoms. The van der Waals surface area contributed by atoms with Gasteiger partial charge in [0.25, 0.3) is 0 Å². The zero-order valence-corrected chi connectivity index (χ0v) is 19.4. The molecule has 0 amide bonds. The first-order chi connectivity index (χ1) is 18.1. The number of alkyl halides is 5. The molecule has 2 aliphatic rings. The second kappa shape index (κ2) is 8.44. The van der Waals surface area contributed by atoms with E-state index in [1.807, 2.05) is 0 Å². The number of β-amino-alcohol motifs (C(OH)–C–C–N with tert-alkyl or cyclic N) is 1. The minimum absolute atomic E-state index is 0.0450. The Balaban J connectivity index is 1.48. The number of benzene rings is 1. The van der Waals surface area contributed by atoms with E-state index in [-0.39, 0.29) is 46.9 Å². The van der Waals surface area contributed by atoms with Crippen molar-refractivity contribution in [3.8, 4) is 0 Å². The Morgan fingerprint density at radius 2 is 1.76 bits per heavy atom. The van der Waals surface area contributed by atoms with E-state index in [1.54, 1.807) is 11.0 Å². The van der Waals surface area contributed by atoms with Gasteiger partial charge in [-0.05, 0) is 12.5 Å². The lowest BCUT2D eigenvalue weighted by molar-refractivity contribution is -0.166. The maximum atomic E-state index is 15.6. The smallest absolute Gasteiger partial charge is 0.391 e. The number of hydrogen-bond donors (Lipinski definition) is 1. The van der Waals surface area contributed by atoms with Crippen LogP contribution >= 0.6 is 0 Å². The Morgan fingerprint density at radius 3 is 2.42 bits per heavy atom. The third kappa shape index (κ3) is 3.84. The minimum atomic E-state index is -4.79. The largest absolute Gasteiger partial charge is 0.442 e. The van der Waals surface area contributed by atoms with Crippen LogP contribution in [0.15, 0.2) is 58.9 Å². The molecule has 5 heterocycles. The van der Waals surface area contributed by atoms with Gasteiger partial charge in [0.2, 0.25) is 5.82 Å². The number of aromatic nitrogens is 6. The molecule has 4 aromatic rings. The molecule has 1 unspecified atom stereocenters. The molecule has 1 saturated heterocycles. The first-order valence-electron chi connectivity index (χ1n) is 11.5. The van der Waals surface area contributed by atoms with Crippen molar-refractivity contribution < 1.29 is 27.1 Å². The van der Waals surface area contributed by atoms with Crippen molar-refractivity contribution in [3.05, 3.63) is 71.3 Å². The first kappa shape index (κ1) is 24.2. The molecule has 2 aliphatic heterocycles. The first-order valence-corrected chi connectivity index (χ1v) is 11.5. The molecule has 3 aromatic heterocycles. The average Bonchev–Trinajstić information content (AvgIpc) is 3.47. The number of halogens is 5. The van der Waals surface area contributed by atoms with Crippen molar-refractivity contribution in [2.24, 2.45) is 10.2 Å². The van der Waals surface area contributed by atoms with Gasteiger partial charge in [-0.1, -0.05) is 41.6 Å². The Morgan fingerprint density at radius 1 is 1.00 bits per heavy atom. The average molecular weight is 531 g/mol. The van der Waals surface area contributed by atoms with Gasteiger partial charge in [0.15, 0.2) is 17.0 Å². The summed E-state index contributed by atoms with van der Waals surface area (Å²) in [6.07, 6.45) is -3.78. The fourth-order valence-electron chi connectivity index (χ4n) is 4.47. The summed E-state index contributed by atoms with van der Waals surface area (Å²) in [5.74, 6) is -4.40. The quantitative estimate of drug-likeness (QED) is 0.378. The maximum absolute atomic E-state index is 15.6. The molecule has 15 heteroatoms. The summed E-state index contributed by atoms with van der Waals surface area (Å²) in [6.45, 7) is 0.0970. The number of aliphatic hydroxyl groups is 1. The Labute approximate surface area is 210 Å². The predicted molar refractivity (Wildman–Crippen MR) is 121 cm³/mol. The summed E-state index contributed by atoms with van der Waals surface area (Å²) < 4.78 is 73.4. The summed E-state index contributed by atoms with van der Waals surface area (Å²) in [5.41, 5.74) is -3.51. The summed E-state index contributed by atoms with van der Waals surface area (Å²) in [5, 5.41) is 24.6. The van der Waals surface area contributed by atoms with Crippen LogP contribution in [-0.4, -0.2) is 60.4 Å². The fraction of sp³-hybridized carbons (Fsp3) is 0.348. The number of anilines is 1. The number of aliphatic hydroxyl groups excluding tert-OH is 1. The zero-order valence-electron chi connectivity index (χ0n) is 19.4. The molecule has 196 valence electrons. The molecule has 0 spiro atoms. The Kier molecular flexibility index (Phi) is 5.38. The van der Waals surface area contributed by atoms with Crippen LogP contribution in [0.3, 0.4) is 0 Å². The number of hydrogen-bond acceptors (Lipinski definition) is 9. The highest BCUT2D eigenvalue weighted by atomic mass is 19.4. The number of fused-ring (bicyclic) bond motifs is 1. The summed E-state index contributed by atoms with van der Waals surface area (Å²) >= 11 is 0. The monoisotopic (exact) mass is 531 g/mol. The lowest BCUT2D eigenvalue weighted by Crippen LogP contribution is -2.32. The third-order valence-corrected chi connectivity index (χ3v) is 6.49. The van der Waals surface area contributed by atoms with Crippen molar-refractivity contribution in [3.63, 3.8) is 0 Å². The SMILES string of the molecule is OC1CCN(c2nc(C(F)(F)c3ccccc3)nc3c2nnn3Cc2ncccc2C2(C(F)(F)F)N=N2)C1. The molecule has 1 atom stereocenters. The van der Waals surface area contributed by atoms with Gasteiger partial charge in [-0.2, -0.15) is 22.0 Å². The van der Waals surface area contributed by atoms with E-state index in [1.165, 1.54) is 42.6 Å². The minimum Gasteiger partial charge on any atom is -0.391 e. The van der Waals surface area contributed by atoms with Gasteiger partial charge in [-0.3, -0.25) is 4.98 Å². The summed E-state index contributed by atoms with van der Waals surface area (Å²) in [4.78, 5) is 13.9. The Bertz CT molecular complexity index is 1530. The van der Waals surface area contributed by atoms with Crippen molar-refractivity contribution in [1.82, 2.24) is 29.9 Å². The van der Waals surface area contributed by atoms with Crippen LogP contribution in [0.4, 0.5) is 27.8 Å². The van der Waals surface area contributed by atoms with E-state index in [9.17, 15) is 18.3 Å². The molecular formula is C23H18F5N9O. The van der Waals surface area contributed by atoms with Gasteiger partial charge >= 0.3 is 17.8 Å². The molecule has 0 saturated carbocycles. The van der Waals surface area contributed by atoms with E-state index in [2.05, 4.69) is 35.5 Å². The van der Waals surface area contributed by atoms with Gasteiger partial charge in [0, 0.05) is 30.4 Å². The highest BCUT2D eigenvalue weighted by Crippen LogP contribution is 2.53. The molecule has 1 aromatic carbocycles. The highest BCUT2D eigenvalue weighted by molar-refractivity contribution is 5.83. The van der Waals surface area contributed by atoms with Gasteiger partial charge in [-0.15, -0.1) is 15.3 Å². The highest BCUT2D eigenvalue weighted by Gasteiger charge is 2.66. The second-order valence-corrected chi connectivity index (χ2v) is 8.99. The molecule has 10 nitrogen and oxygen atoms in total. The zero-order chi connectivity index (χ0) is 26.7. The topological polar surface area (TPSA) is 118 Å². The van der Waals surface area contributed by atoms with Crippen LogP contribution < -0.4 is 4.90 Å². The van der Waals surface area contributed by atoms with E-state index in [0.29, 0.717) is 13.0 Å². The second-order valence-electron chi connectivity index (χ2n) is 8.99.